The van der Waals surface area contributed by atoms with Gasteiger partial charge in [-0.1, -0.05) is 36.4 Å². The highest BCUT2D eigenvalue weighted by Gasteiger charge is 2.30. The molecule has 1 aromatic carbocycles. The Hall–Kier alpha value is -1.79. The van der Waals surface area contributed by atoms with Crippen molar-refractivity contribution in [2.24, 2.45) is 5.73 Å². The Morgan fingerprint density at radius 2 is 2.03 bits per heavy atom. The maximum absolute atomic E-state index is 5.80. The van der Waals surface area contributed by atoms with Crippen molar-refractivity contribution in [3.63, 3.8) is 0 Å². The fraction of sp³-hybridized carbons (Fsp3) is 0.560. The van der Waals surface area contributed by atoms with E-state index in [1.165, 1.54) is 36.1 Å². The lowest BCUT2D eigenvalue weighted by molar-refractivity contribution is 0.116. The second kappa shape index (κ2) is 11.0. The van der Waals surface area contributed by atoms with Crippen molar-refractivity contribution in [2.45, 2.75) is 50.7 Å². The minimum atomic E-state index is 0.444. The van der Waals surface area contributed by atoms with Crippen LogP contribution in [-0.4, -0.2) is 60.1 Å². The van der Waals surface area contributed by atoms with Crippen LogP contribution in [0.5, 0.6) is 0 Å². The average molecular weight is 408 g/mol. The third kappa shape index (κ3) is 5.67. The zero-order valence-corrected chi connectivity index (χ0v) is 18.2. The lowest BCUT2D eigenvalue weighted by Crippen LogP contribution is -2.55. The van der Waals surface area contributed by atoms with Gasteiger partial charge in [0.2, 0.25) is 0 Å². The molecule has 162 valence electrons. The van der Waals surface area contributed by atoms with Gasteiger partial charge in [-0.05, 0) is 62.4 Å². The number of fused-ring (bicyclic) bond motifs is 1. The van der Waals surface area contributed by atoms with Gasteiger partial charge in [0, 0.05) is 45.0 Å². The molecule has 3 N–H and O–H groups in total. The number of piperazine rings is 1. The molecule has 30 heavy (non-hydrogen) atoms. The van der Waals surface area contributed by atoms with Gasteiger partial charge in [-0.2, -0.15) is 0 Å². The first-order valence-corrected chi connectivity index (χ1v) is 11.7. The fourth-order valence-corrected chi connectivity index (χ4v) is 5.06. The quantitative estimate of drug-likeness (QED) is 0.626. The summed E-state index contributed by atoms with van der Waals surface area (Å²) in [4.78, 5) is 10.1. The summed E-state index contributed by atoms with van der Waals surface area (Å²) in [6.07, 6.45) is 7.87. The molecule has 0 amide bonds. The first-order valence-electron chi connectivity index (χ1n) is 11.7. The smallest absolute Gasteiger partial charge is 0.0607 e. The summed E-state index contributed by atoms with van der Waals surface area (Å²) >= 11 is 0. The monoisotopic (exact) mass is 407 g/mol. The second-order valence-electron chi connectivity index (χ2n) is 8.82. The van der Waals surface area contributed by atoms with E-state index in [9.17, 15) is 0 Å². The van der Waals surface area contributed by atoms with Crippen LogP contribution in [0.1, 0.15) is 48.5 Å². The largest absolute Gasteiger partial charge is 0.330 e. The van der Waals surface area contributed by atoms with Crippen molar-refractivity contribution in [3.05, 3.63) is 65.5 Å². The number of aromatic nitrogens is 1. The predicted octanol–water partition coefficient (Wildman–Crippen LogP) is 2.97. The number of rotatable bonds is 9. The van der Waals surface area contributed by atoms with Crippen LogP contribution in [0.25, 0.3) is 0 Å². The minimum Gasteiger partial charge on any atom is -0.330 e. The molecule has 2 aromatic rings. The van der Waals surface area contributed by atoms with E-state index in [2.05, 4.69) is 57.6 Å². The van der Waals surface area contributed by atoms with Gasteiger partial charge in [0.05, 0.1) is 11.7 Å². The van der Waals surface area contributed by atoms with E-state index in [0.717, 1.165) is 58.7 Å². The molecule has 5 nitrogen and oxygen atoms in total. The summed E-state index contributed by atoms with van der Waals surface area (Å²) in [7, 11) is 0. The highest BCUT2D eigenvalue weighted by molar-refractivity contribution is 5.25. The molecule has 2 aliphatic rings. The van der Waals surface area contributed by atoms with Gasteiger partial charge in [0.25, 0.3) is 0 Å². The summed E-state index contributed by atoms with van der Waals surface area (Å²) < 4.78 is 0. The third-order valence-corrected chi connectivity index (χ3v) is 6.55. The van der Waals surface area contributed by atoms with E-state index in [-0.39, 0.29) is 0 Å². The Kier molecular flexibility index (Phi) is 7.87. The molecule has 1 aliphatic carbocycles. The Balaban J connectivity index is 1.43. The third-order valence-electron chi connectivity index (χ3n) is 6.55. The summed E-state index contributed by atoms with van der Waals surface area (Å²) in [6, 6.07) is 16.1. The number of nitrogens with two attached hydrogens (primary N) is 1. The number of unbranched alkanes of at least 4 members (excludes halogenated alkanes) is 1. The Labute approximate surface area is 181 Å². The molecule has 0 bridgehead atoms. The SMILES string of the molecule is NCCCCN(CC1CN(Cc2ccccc2)CCN1)C1CCCc2cccnc21. The van der Waals surface area contributed by atoms with Crippen LogP contribution in [0.15, 0.2) is 48.7 Å². The number of aryl methyl sites for hydroxylation is 1. The molecular weight excluding hydrogens is 370 g/mol. The van der Waals surface area contributed by atoms with E-state index < -0.39 is 0 Å². The zero-order valence-electron chi connectivity index (χ0n) is 18.2. The molecule has 5 heteroatoms. The van der Waals surface area contributed by atoms with E-state index in [1.54, 1.807) is 0 Å². The van der Waals surface area contributed by atoms with Gasteiger partial charge in [-0.25, -0.2) is 0 Å². The maximum Gasteiger partial charge on any atom is 0.0607 e. The summed E-state index contributed by atoms with van der Waals surface area (Å²) in [5, 5.41) is 3.79. The minimum absolute atomic E-state index is 0.444. The number of benzene rings is 1. The van der Waals surface area contributed by atoms with Crippen molar-refractivity contribution in [2.75, 3.05) is 39.3 Å². The molecule has 1 aromatic heterocycles. The normalized spacial score (nSPS) is 22.2. The van der Waals surface area contributed by atoms with Gasteiger partial charge in [0.1, 0.15) is 0 Å². The van der Waals surface area contributed by atoms with E-state index in [0.29, 0.717) is 12.1 Å². The molecule has 1 aliphatic heterocycles. The van der Waals surface area contributed by atoms with Crippen LogP contribution in [-0.2, 0) is 13.0 Å². The Bertz CT molecular complexity index is 765. The average Bonchev–Trinajstić information content (AvgIpc) is 2.79. The van der Waals surface area contributed by atoms with Crippen LogP contribution < -0.4 is 11.1 Å². The summed E-state index contributed by atoms with van der Waals surface area (Å²) in [5.74, 6) is 0. The lowest BCUT2D eigenvalue weighted by Gasteiger charge is -2.40. The molecular formula is C25H37N5. The second-order valence-corrected chi connectivity index (χ2v) is 8.82. The molecule has 2 atom stereocenters. The zero-order chi connectivity index (χ0) is 20.6. The van der Waals surface area contributed by atoms with E-state index in [1.807, 2.05) is 6.20 Å². The molecule has 1 saturated heterocycles. The predicted molar refractivity (Wildman–Crippen MR) is 123 cm³/mol. The molecule has 4 rings (SSSR count). The van der Waals surface area contributed by atoms with Crippen LogP contribution in [0.2, 0.25) is 0 Å². The van der Waals surface area contributed by atoms with Crippen molar-refractivity contribution < 1.29 is 0 Å². The molecule has 2 heterocycles. The first kappa shape index (κ1) is 21.4. The van der Waals surface area contributed by atoms with Gasteiger partial charge in [0.15, 0.2) is 0 Å². The van der Waals surface area contributed by atoms with Gasteiger partial charge >= 0.3 is 0 Å². The van der Waals surface area contributed by atoms with Crippen molar-refractivity contribution in [3.8, 4) is 0 Å². The van der Waals surface area contributed by atoms with Gasteiger partial charge in [-0.15, -0.1) is 0 Å². The number of nitrogens with one attached hydrogen (secondary N) is 1. The number of hydrogen-bond donors (Lipinski definition) is 2. The van der Waals surface area contributed by atoms with E-state index in [4.69, 9.17) is 10.7 Å². The standard InChI is InChI=1S/C25H37N5/c26-13-4-5-16-30(24-12-6-10-22-11-7-14-28-25(22)24)20-23-19-29(17-15-27-23)18-21-8-2-1-3-9-21/h1-3,7-9,11,14,23-24,27H,4-6,10,12-13,15-20,26H2. The first-order chi connectivity index (χ1) is 14.8. The van der Waals surface area contributed by atoms with Crippen molar-refractivity contribution >= 4 is 0 Å². The topological polar surface area (TPSA) is 57.4 Å². The van der Waals surface area contributed by atoms with Crippen molar-refractivity contribution in [1.82, 2.24) is 20.1 Å². The maximum atomic E-state index is 5.80. The van der Waals surface area contributed by atoms with Crippen LogP contribution in [0, 0.1) is 0 Å². The number of pyridine rings is 1. The van der Waals surface area contributed by atoms with Crippen LogP contribution in [0.3, 0.4) is 0 Å². The molecule has 1 fully saturated rings. The molecule has 0 spiro atoms. The fourth-order valence-electron chi connectivity index (χ4n) is 5.06. The highest BCUT2D eigenvalue weighted by atomic mass is 15.2. The van der Waals surface area contributed by atoms with Crippen LogP contribution in [0.4, 0.5) is 0 Å². The molecule has 0 saturated carbocycles. The summed E-state index contributed by atoms with van der Waals surface area (Å²) in [6.45, 7) is 7.29. The van der Waals surface area contributed by atoms with Gasteiger partial charge < -0.3 is 11.1 Å². The Morgan fingerprint density at radius 3 is 2.90 bits per heavy atom. The van der Waals surface area contributed by atoms with E-state index >= 15 is 0 Å². The lowest BCUT2D eigenvalue weighted by atomic mass is 9.90. The summed E-state index contributed by atoms with van der Waals surface area (Å²) in [5.41, 5.74) is 9.96. The molecule has 0 radical (unpaired) electrons. The Morgan fingerprint density at radius 1 is 1.13 bits per heavy atom. The van der Waals surface area contributed by atoms with Crippen molar-refractivity contribution in [1.29, 1.82) is 0 Å². The van der Waals surface area contributed by atoms with Crippen LogP contribution >= 0.6 is 0 Å². The highest BCUT2D eigenvalue weighted by Crippen LogP contribution is 2.33. The number of hydrogen-bond acceptors (Lipinski definition) is 5. The van der Waals surface area contributed by atoms with Gasteiger partial charge in [-0.3, -0.25) is 14.8 Å². The molecule has 2 unspecified atom stereocenters. The number of nitrogens with zero attached hydrogens (tertiary/aromatic N) is 3.